The molecule has 0 saturated carbocycles. The zero-order valence-corrected chi connectivity index (χ0v) is 9.50. The van der Waals surface area contributed by atoms with Crippen LogP contribution in [0.1, 0.15) is 10.4 Å². The van der Waals surface area contributed by atoms with E-state index in [1.165, 1.54) is 6.20 Å². The molecule has 0 aliphatic rings. The number of hydrogen-bond acceptors (Lipinski definition) is 3. The molecule has 18 heavy (non-hydrogen) atoms. The van der Waals surface area contributed by atoms with Gasteiger partial charge in [0, 0.05) is 17.1 Å². The minimum absolute atomic E-state index is 0.316. The minimum atomic E-state index is -1.13. The van der Waals surface area contributed by atoms with E-state index in [1.54, 1.807) is 24.3 Å². The van der Waals surface area contributed by atoms with E-state index in [9.17, 15) is 9.59 Å². The van der Waals surface area contributed by atoms with Crippen LogP contribution in [0.4, 0.5) is 4.79 Å². The van der Waals surface area contributed by atoms with Gasteiger partial charge in [-0.15, -0.1) is 0 Å². The molecule has 0 fully saturated rings. The largest absolute Gasteiger partial charge is 0.490 e. The molecule has 0 aliphatic heterocycles. The van der Waals surface area contributed by atoms with Gasteiger partial charge in [-0.2, -0.15) is 0 Å². The Morgan fingerprint density at radius 3 is 2.89 bits per heavy atom. The first-order valence-corrected chi connectivity index (χ1v) is 5.24. The molecule has 1 N–H and O–H groups in total. The molecule has 2 rings (SSSR count). The average Bonchev–Trinajstić information content (AvgIpc) is 2.74. The molecule has 5 nitrogen and oxygen atoms in total. The van der Waals surface area contributed by atoms with Crippen molar-refractivity contribution in [2.24, 2.45) is 0 Å². The number of aromatic nitrogens is 1. The fourth-order valence-electron chi connectivity index (χ4n) is 1.73. The molecule has 0 aliphatic carbocycles. The Bertz CT molecular complexity index is 627. The lowest BCUT2D eigenvalue weighted by atomic mass is 10.2. The second kappa shape index (κ2) is 4.75. The van der Waals surface area contributed by atoms with E-state index >= 15 is 0 Å². The summed E-state index contributed by atoms with van der Waals surface area (Å²) in [7, 11) is 0. The van der Waals surface area contributed by atoms with Crippen LogP contribution < -0.4 is 4.74 Å². The molecule has 0 unspecified atom stereocenters. The lowest BCUT2D eigenvalue weighted by Crippen LogP contribution is -2.05. The Morgan fingerprint density at radius 2 is 2.28 bits per heavy atom. The van der Waals surface area contributed by atoms with Gasteiger partial charge >= 0.3 is 6.09 Å². The number of carbonyl (C=O) groups is 2. The highest BCUT2D eigenvalue weighted by molar-refractivity contribution is 6.01. The van der Waals surface area contributed by atoms with Crippen molar-refractivity contribution >= 4 is 23.3 Å². The summed E-state index contributed by atoms with van der Waals surface area (Å²) in [5.41, 5.74) is 0.770. The second-order valence-corrected chi connectivity index (χ2v) is 3.63. The third-order valence-corrected chi connectivity index (χ3v) is 2.51. The zero-order chi connectivity index (χ0) is 13.1. The maximum atomic E-state index is 11.0. The number of hydrogen-bond donors (Lipinski definition) is 1. The van der Waals surface area contributed by atoms with Crippen LogP contribution in [0.5, 0.6) is 5.75 Å². The smallest absolute Gasteiger partial charge is 0.416 e. The minimum Gasteiger partial charge on any atom is -0.490 e. The predicted octanol–water partition coefficient (Wildman–Crippen LogP) is 2.54. The summed E-state index contributed by atoms with van der Waals surface area (Å²) in [6.45, 7) is 3.88. The Hall–Kier alpha value is -2.56. The van der Waals surface area contributed by atoms with E-state index in [-0.39, 0.29) is 0 Å². The van der Waals surface area contributed by atoms with E-state index in [0.717, 1.165) is 4.57 Å². The van der Waals surface area contributed by atoms with Crippen LogP contribution in [0.15, 0.2) is 37.1 Å². The molecular weight excluding hydrogens is 234 g/mol. The first-order valence-electron chi connectivity index (χ1n) is 5.24. The first kappa shape index (κ1) is 11.9. The van der Waals surface area contributed by atoms with Crippen LogP contribution in [0.25, 0.3) is 10.9 Å². The lowest BCUT2D eigenvalue weighted by Gasteiger charge is -2.03. The van der Waals surface area contributed by atoms with Gasteiger partial charge in [0.15, 0.2) is 6.29 Å². The number of nitrogens with zero attached hydrogens (tertiary/aromatic N) is 1. The zero-order valence-electron chi connectivity index (χ0n) is 9.50. The van der Waals surface area contributed by atoms with Gasteiger partial charge in [0.25, 0.3) is 0 Å². The second-order valence-electron chi connectivity index (χ2n) is 3.63. The van der Waals surface area contributed by atoms with Gasteiger partial charge in [-0.05, 0) is 18.2 Å². The average molecular weight is 245 g/mol. The Morgan fingerprint density at radius 1 is 1.50 bits per heavy atom. The molecule has 0 amide bonds. The topological polar surface area (TPSA) is 68.5 Å². The lowest BCUT2D eigenvalue weighted by molar-refractivity contribution is 0.112. The van der Waals surface area contributed by atoms with E-state index < -0.39 is 6.09 Å². The first-order chi connectivity index (χ1) is 8.67. The van der Waals surface area contributed by atoms with Crippen molar-refractivity contribution in [3.05, 3.63) is 42.6 Å². The number of rotatable bonds is 4. The molecule has 0 radical (unpaired) electrons. The van der Waals surface area contributed by atoms with E-state index in [0.29, 0.717) is 35.1 Å². The third kappa shape index (κ3) is 1.98. The van der Waals surface area contributed by atoms with Crippen molar-refractivity contribution in [3.8, 4) is 5.75 Å². The van der Waals surface area contributed by atoms with Gasteiger partial charge < -0.3 is 9.84 Å². The maximum Gasteiger partial charge on any atom is 0.416 e. The maximum absolute atomic E-state index is 11.0. The summed E-state index contributed by atoms with van der Waals surface area (Å²) < 4.78 is 6.35. The van der Waals surface area contributed by atoms with Crippen molar-refractivity contribution < 1.29 is 19.4 Å². The van der Waals surface area contributed by atoms with Crippen molar-refractivity contribution in [2.45, 2.75) is 0 Å². The predicted molar refractivity (Wildman–Crippen MR) is 66.4 cm³/mol. The van der Waals surface area contributed by atoms with Crippen LogP contribution in [0.2, 0.25) is 0 Å². The number of aldehydes is 1. The van der Waals surface area contributed by atoms with E-state index in [2.05, 4.69) is 6.58 Å². The van der Waals surface area contributed by atoms with Crippen LogP contribution in [-0.2, 0) is 0 Å². The summed E-state index contributed by atoms with van der Waals surface area (Å²) >= 11 is 0. The number of carbonyl (C=O) groups excluding carboxylic acids is 1. The third-order valence-electron chi connectivity index (χ3n) is 2.51. The van der Waals surface area contributed by atoms with Gasteiger partial charge in [-0.1, -0.05) is 12.7 Å². The number of ether oxygens (including phenoxy) is 1. The highest BCUT2D eigenvalue weighted by atomic mass is 16.5. The Labute approximate surface area is 103 Å². The highest BCUT2D eigenvalue weighted by Crippen LogP contribution is 2.25. The fourth-order valence-corrected chi connectivity index (χ4v) is 1.73. The van der Waals surface area contributed by atoms with Gasteiger partial charge in [0.2, 0.25) is 0 Å². The van der Waals surface area contributed by atoms with Gasteiger partial charge in [-0.25, -0.2) is 4.79 Å². The van der Waals surface area contributed by atoms with Gasteiger partial charge in [0.1, 0.15) is 12.4 Å². The molecule has 1 heterocycles. The van der Waals surface area contributed by atoms with Crippen molar-refractivity contribution in [1.29, 1.82) is 0 Å². The van der Waals surface area contributed by atoms with Crippen molar-refractivity contribution in [2.75, 3.05) is 6.61 Å². The Kier molecular flexibility index (Phi) is 3.14. The molecule has 92 valence electrons. The molecule has 1 aromatic carbocycles. The summed E-state index contributed by atoms with van der Waals surface area (Å²) in [6.07, 6.45) is 2.39. The van der Waals surface area contributed by atoms with E-state index in [4.69, 9.17) is 9.84 Å². The van der Waals surface area contributed by atoms with Gasteiger partial charge in [-0.3, -0.25) is 9.36 Å². The SMILES string of the molecule is C=CCOc1ccc2c(c1)c(C=O)cn2C(=O)O. The fraction of sp³-hybridized carbons (Fsp3) is 0.0769. The summed E-state index contributed by atoms with van der Waals surface area (Å²) in [6, 6.07) is 4.90. The van der Waals surface area contributed by atoms with Crippen LogP contribution in [-0.4, -0.2) is 28.7 Å². The van der Waals surface area contributed by atoms with Crippen LogP contribution in [0.3, 0.4) is 0 Å². The standard InChI is InChI=1S/C13H11NO4/c1-2-5-18-10-3-4-12-11(6-10)9(8-15)7-14(12)13(16)17/h2-4,6-8H,1,5H2,(H,16,17). The van der Waals surface area contributed by atoms with Gasteiger partial charge in [0.05, 0.1) is 5.52 Å². The summed E-state index contributed by atoms with van der Waals surface area (Å²) in [5, 5.41) is 9.55. The molecule has 0 atom stereocenters. The molecular formula is C13H11NO4. The van der Waals surface area contributed by atoms with Crippen LogP contribution >= 0.6 is 0 Å². The van der Waals surface area contributed by atoms with Crippen molar-refractivity contribution in [3.63, 3.8) is 0 Å². The highest BCUT2D eigenvalue weighted by Gasteiger charge is 2.12. The molecule has 2 aromatic rings. The number of benzene rings is 1. The number of carboxylic acid groups (broad SMARTS) is 1. The molecule has 1 aromatic heterocycles. The molecule has 0 saturated heterocycles. The monoisotopic (exact) mass is 245 g/mol. The quantitative estimate of drug-likeness (QED) is 0.663. The molecule has 0 spiro atoms. The van der Waals surface area contributed by atoms with Crippen LogP contribution in [0, 0.1) is 0 Å². The Balaban J connectivity index is 2.57. The van der Waals surface area contributed by atoms with Crippen molar-refractivity contribution in [1.82, 2.24) is 4.57 Å². The molecule has 0 bridgehead atoms. The summed E-state index contributed by atoms with van der Waals surface area (Å²) in [5.74, 6) is 0.564. The number of fused-ring (bicyclic) bond motifs is 1. The van der Waals surface area contributed by atoms with E-state index in [1.807, 2.05) is 0 Å². The summed E-state index contributed by atoms with van der Waals surface area (Å²) in [4.78, 5) is 21.9. The molecule has 5 heteroatoms. The normalized spacial score (nSPS) is 10.2.